The van der Waals surface area contributed by atoms with E-state index in [-0.39, 0.29) is 5.69 Å². The lowest BCUT2D eigenvalue weighted by Crippen LogP contribution is -2.42. The number of hydrogen-bond acceptors (Lipinski definition) is 6. The average molecular weight is 291 g/mol. The summed E-state index contributed by atoms with van der Waals surface area (Å²) in [7, 11) is -4.02. The van der Waals surface area contributed by atoms with Gasteiger partial charge in [-0.3, -0.25) is 9.59 Å². The van der Waals surface area contributed by atoms with E-state index in [1.807, 2.05) is 0 Å². The first kappa shape index (κ1) is 15.1. The van der Waals surface area contributed by atoms with Gasteiger partial charge in [-0.2, -0.15) is 4.31 Å². The number of aryl methyl sites for hydroxylation is 1. The van der Waals surface area contributed by atoms with Crippen LogP contribution in [-0.4, -0.2) is 48.0 Å². The first-order valence-electron chi connectivity index (χ1n) is 5.11. The van der Waals surface area contributed by atoms with Gasteiger partial charge in [0.2, 0.25) is 15.9 Å². The van der Waals surface area contributed by atoms with Crippen LogP contribution in [-0.2, 0) is 25.4 Å². The Hall–Kier alpha value is -1.94. The number of carboxylic acids is 1. The Morgan fingerprint density at radius 2 is 2.11 bits per heavy atom. The van der Waals surface area contributed by atoms with Crippen LogP contribution in [0.3, 0.4) is 0 Å². The maximum atomic E-state index is 12.0. The van der Waals surface area contributed by atoms with Gasteiger partial charge in [-0.1, -0.05) is 5.16 Å². The molecule has 0 aromatic carbocycles. The third-order valence-electron chi connectivity index (χ3n) is 2.04. The molecule has 0 saturated carbocycles. The maximum Gasteiger partial charge on any atom is 0.318 e. The summed E-state index contributed by atoms with van der Waals surface area (Å²) < 4.78 is 29.1. The number of carbonyl (C=O) groups excluding carboxylic acids is 1. The zero-order valence-corrected chi connectivity index (χ0v) is 10.9. The number of hydrogen-bond donors (Lipinski definition) is 2. The number of carbonyl (C=O) groups is 2. The van der Waals surface area contributed by atoms with Gasteiger partial charge in [0, 0.05) is 6.07 Å². The van der Waals surface area contributed by atoms with Gasteiger partial charge in [0.1, 0.15) is 23.8 Å². The second kappa shape index (κ2) is 5.80. The van der Waals surface area contributed by atoms with Gasteiger partial charge in [0.05, 0.1) is 6.54 Å². The molecule has 10 heteroatoms. The summed E-state index contributed by atoms with van der Waals surface area (Å²) in [5.74, 6) is -2.47. The fraction of sp³-hybridized carbons (Fsp3) is 0.444. The molecule has 0 atom stereocenters. The van der Waals surface area contributed by atoms with E-state index in [2.05, 4.69) is 5.16 Å². The largest absolute Gasteiger partial charge is 0.480 e. The monoisotopic (exact) mass is 291 g/mol. The highest BCUT2D eigenvalue weighted by molar-refractivity contribution is 7.88. The lowest BCUT2D eigenvalue weighted by Gasteiger charge is -2.17. The van der Waals surface area contributed by atoms with Gasteiger partial charge in [0.15, 0.2) is 0 Å². The zero-order valence-electron chi connectivity index (χ0n) is 10.1. The van der Waals surface area contributed by atoms with Crippen molar-refractivity contribution >= 4 is 21.9 Å². The highest BCUT2D eigenvalue weighted by atomic mass is 32.2. The quantitative estimate of drug-likeness (QED) is 0.634. The number of amides is 1. The molecule has 0 bridgehead atoms. The lowest BCUT2D eigenvalue weighted by molar-refractivity contribution is -0.137. The van der Waals surface area contributed by atoms with E-state index in [1.54, 1.807) is 6.92 Å². The molecule has 1 heterocycles. The van der Waals surface area contributed by atoms with Crippen LogP contribution in [0.1, 0.15) is 11.5 Å². The highest BCUT2D eigenvalue weighted by Crippen LogP contribution is 2.11. The number of aliphatic carboxylic acids is 1. The molecule has 3 N–H and O–H groups in total. The molecule has 0 saturated heterocycles. The van der Waals surface area contributed by atoms with Crippen molar-refractivity contribution in [2.24, 2.45) is 5.73 Å². The fourth-order valence-electron chi connectivity index (χ4n) is 1.34. The van der Waals surface area contributed by atoms with Crippen molar-refractivity contribution in [3.05, 3.63) is 17.5 Å². The van der Waals surface area contributed by atoms with Crippen molar-refractivity contribution in [2.45, 2.75) is 12.7 Å². The van der Waals surface area contributed by atoms with E-state index in [0.717, 1.165) is 0 Å². The molecule has 0 fully saturated rings. The Bertz CT molecular complexity index is 563. The summed E-state index contributed by atoms with van der Waals surface area (Å²) in [6, 6.07) is 1.40. The lowest BCUT2D eigenvalue weighted by atomic mass is 10.4. The average Bonchev–Trinajstić information content (AvgIpc) is 2.60. The molecule has 19 heavy (non-hydrogen) atoms. The number of nitrogens with two attached hydrogens (primary N) is 1. The Morgan fingerprint density at radius 3 is 2.53 bits per heavy atom. The van der Waals surface area contributed by atoms with Crippen molar-refractivity contribution in [3.63, 3.8) is 0 Å². The van der Waals surface area contributed by atoms with E-state index < -0.39 is 40.7 Å². The molecule has 9 nitrogen and oxygen atoms in total. The van der Waals surface area contributed by atoms with E-state index in [9.17, 15) is 18.0 Å². The number of carboxylic acid groups (broad SMARTS) is 1. The Kier molecular flexibility index (Phi) is 4.62. The van der Waals surface area contributed by atoms with E-state index in [1.165, 1.54) is 6.07 Å². The molecule has 1 aromatic rings. The second-order valence-electron chi connectivity index (χ2n) is 3.81. The summed E-state index contributed by atoms with van der Waals surface area (Å²) in [5, 5.41) is 12.1. The third kappa shape index (κ3) is 4.67. The van der Waals surface area contributed by atoms with Gasteiger partial charge >= 0.3 is 5.97 Å². The molecule has 0 aliphatic carbocycles. The summed E-state index contributed by atoms with van der Waals surface area (Å²) in [6.07, 6.45) is 0. The smallest absolute Gasteiger partial charge is 0.318 e. The minimum Gasteiger partial charge on any atom is -0.480 e. The highest BCUT2D eigenvalue weighted by Gasteiger charge is 2.27. The standard InChI is InChI=1S/C9H13N3O6S/c1-6-2-7(11-18-6)5-19(16,17)12(3-8(10)13)4-9(14)15/h2H,3-5H2,1H3,(H2,10,13)(H,14,15). The Balaban J connectivity index is 2.91. The molecular weight excluding hydrogens is 278 g/mol. The van der Waals surface area contributed by atoms with Crippen LogP contribution in [0.5, 0.6) is 0 Å². The molecule has 0 aliphatic rings. The number of aromatic nitrogens is 1. The maximum absolute atomic E-state index is 12.0. The van der Waals surface area contributed by atoms with E-state index in [4.69, 9.17) is 15.4 Å². The second-order valence-corrected chi connectivity index (χ2v) is 5.78. The first-order chi connectivity index (χ1) is 8.70. The van der Waals surface area contributed by atoms with Crippen molar-refractivity contribution in [1.29, 1.82) is 0 Å². The number of sulfonamides is 1. The molecule has 0 unspecified atom stereocenters. The first-order valence-corrected chi connectivity index (χ1v) is 6.72. The van der Waals surface area contributed by atoms with E-state index in [0.29, 0.717) is 10.1 Å². The molecule has 0 aliphatic heterocycles. The van der Waals surface area contributed by atoms with Crippen LogP contribution in [0.4, 0.5) is 0 Å². The SMILES string of the molecule is Cc1cc(CS(=O)(=O)N(CC(N)=O)CC(=O)O)no1. The van der Waals surface area contributed by atoms with Crippen LogP contribution in [0.2, 0.25) is 0 Å². The van der Waals surface area contributed by atoms with Crippen LogP contribution in [0, 0.1) is 6.92 Å². The summed E-state index contributed by atoms with van der Waals surface area (Å²) in [5.41, 5.74) is 5.01. The predicted octanol–water partition coefficient (Wildman–Crippen LogP) is -1.32. The summed E-state index contributed by atoms with van der Waals surface area (Å²) in [4.78, 5) is 21.4. The Labute approximate surface area is 109 Å². The van der Waals surface area contributed by atoms with Gasteiger partial charge < -0.3 is 15.4 Å². The molecule has 1 amide bonds. The minimum absolute atomic E-state index is 0.123. The minimum atomic E-state index is -4.02. The van der Waals surface area contributed by atoms with Gasteiger partial charge in [-0.25, -0.2) is 8.42 Å². The van der Waals surface area contributed by atoms with Crippen molar-refractivity contribution < 1.29 is 27.6 Å². The topological polar surface area (TPSA) is 144 Å². The molecule has 0 radical (unpaired) electrons. The normalized spacial score (nSPS) is 11.7. The summed E-state index contributed by atoms with van der Waals surface area (Å²) in [6.45, 7) is 0.0368. The van der Waals surface area contributed by atoms with Crippen molar-refractivity contribution in [3.8, 4) is 0 Å². The number of nitrogens with zero attached hydrogens (tertiary/aromatic N) is 2. The molecule has 106 valence electrons. The summed E-state index contributed by atoms with van der Waals surface area (Å²) >= 11 is 0. The fourth-order valence-corrected chi connectivity index (χ4v) is 2.66. The van der Waals surface area contributed by atoms with Gasteiger partial charge in [-0.05, 0) is 6.92 Å². The van der Waals surface area contributed by atoms with Crippen LogP contribution in [0.25, 0.3) is 0 Å². The molecule has 1 aromatic heterocycles. The molecular formula is C9H13N3O6S. The molecule has 0 spiro atoms. The van der Waals surface area contributed by atoms with Gasteiger partial charge in [-0.15, -0.1) is 0 Å². The van der Waals surface area contributed by atoms with Gasteiger partial charge in [0.25, 0.3) is 0 Å². The van der Waals surface area contributed by atoms with Crippen LogP contribution >= 0.6 is 0 Å². The van der Waals surface area contributed by atoms with Crippen LogP contribution < -0.4 is 5.73 Å². The predicted molar refractivity (Wildman–Crippen MR) is 62.3 cm³/mol. The number of primary amides is 1. The Morgan fingerprint density at radius 1 is 1.47 bits per heavy atom. The van der Waals surface area contributed by atoms with Crippen molar-refractivity contribution in [2.75, 3.05) is 13.1 Å². The third-order valence-corrected chi connectivity index (χ3v) is 3.75. The zero-order chi connectivity index (χ0) is 14.6. The van der Waals surface area contributed by atoms with Crippen molar-refractivity contribution in [1.82, 2.24) is 9.46 Å². The van der Waals surface area contributed by atoms with Crippen LogP contribution in [0.15, 0.2) is 10.6 Å². The molecule has 1 rings (SSSR count). The number of rotatable bonds is 7. The van der Waals surface area contributed by atoms with E-state index >= 15 is 0 Å².